The zero-order valence-corrected chi connectivity index (χ0v) is 16.0. The number of fused-ring (bicyclic) bond motifs is 1. The molecule has 10 heteroatoms. The Morgan fingerprint density at radius 2 is 2.27 bits per heavy atom. The SMILES string of the molecule is CC(C)(O)c1nc(N2C[C@H]3CSC(N)=N[C@@]3(c3ccns3)C2)ncc1F. The molecule has 26 heavy (non-hydrogen) atoms. The van der Waals surface area contributed by atoms with Gasteiger partial charge in [0.15, 0.2) is 11.0 Å². The second kappa shape index (κ2) is 6.14. The van der Waals surface area contributed by atoms with E-state index in [4.69, 9.17) is 10.7 Å². The van der Waals surface area contributed by atoms with Gasteiger partial charge in [-0.25, -0.2) is 23.7 Å². The van der Waals surface area contributed by atoms with E-state index in [1.807, 2.05) is 11.0 Å². The predicted molar refractivity (Wildman–Crippen MR) is 101 cm³/mol. The zero-order valence-electron chi connectivity index (χ0n) is 14.4. The Balaban J connectivity index is 1.74. The quantitative estimate of drug-likeness (QED) is 0.817. The van der Waals surface area contributed by atoms with Crippen molar-refractivity contribution in [3.05, 3.63) is 34.8 Å². The highest BCUT2D eigenvalue weighted by atomic mass is 32.2. The van der Waals surface area contributed by atoms with Gasteiger partial charge in [-0.05, 0) is 31.4 Å². The number of nitrogens with two attached hydrogens (primary N) is 1. The van der Waals surface area contributed by atoms with Crippen LogP contribution in [-0.4, -0.2) is 43.5 Å². The van der Waals surface area contributed by atoms with Crippen LogP contribution < -0.4 is 10.6 Å². The van der Waals surface area contributed by atoms with Crippen molar-refractivity contribution >= 4 is 34.4 Å². The Bertz CT molecular complexity index is 853. The molecule has 0 unspecified atom stereocenters. The van der Waals surface area contributed by atoms with E-state index in [1.54, 1.807) is 18.0 Å². The van der Waals surface area contributed by atoms with Gasteiger partial charge < -0.3 is 15.7 Å². The summed E-state index contributed by atoms with van der Waals surface area (Å²) in [5.74, 6) is 0.830. The molecular formula is C16H19FN6OS2. The third-order valence-corrected chi connectivity index (χ3v) is 6.62. The van der Waals surface area contributed by atoms with E-state index >= 15 is 0 Å². The van der Waals surface area contributed by atoms with Crippen molar-refractivity contribution in [2.75, 3.05) is 23.7 Å². The van der Waals surface area contributed by atoms with Gasteiger partial charge in [-0.1, -0.05) is 11.8 Å². The number of rotatable bonds is 3. The molecule has 0 saturated carbocycles. The van der Waals surface area contributed by atoms with Gasteiger partial charge in [0, 0.05) is 24.4 Å². The Kier molecular flexibility index (Phi) is 4.16. The minimum Gasteiger partial charge on any atom is -0.384 e. The first-order valence-electron chi connectivity index (χ1n) is 8.19. The summed E-state index contributed by atoms with van der Waals surface area (Å²) in [5.41, 5.74) is 4.15. The Labute approximate surface area is 158 Å². The molecule has 2 atom stereocenters. The van der Waals surface area contributed by atoms with Gasteiger partial charge in [0.2, 0.25) is 5.95 Å². The molecule has 4 heterocycles. The number of thioether (sulfide) groups is 1. The second-order valence-electron chi connectivity index (χ2n) is 7.06. The summed E-state index contributed by atoms with van der Waals surface area (Å²) in [5, 5.41) is 10.7. The van der Waals surface area contributed by atoms with Gasteiger partial charge in [0.25, 0.3) is 0 Å². The molecule has 1 saturated heterocycles. The molecule has 2 aliphatic heterocycles. The van der Waals surface area contributed by atoms with E-state index in [-0.39, 0.29) is 11.6 Å². The normalized spacial score (nSPS) is 25.9. The van der Waals surface area contributed by atoms with E-state index in [0.29, 0.717) is 24.2 Å². The van der Waals surface area contributed by atoms with Crippen LogP contribution in [0.2, 0.25) is 0 Å². The van der Waals surface area contributed by atoms with Crippen molar-refractivity contribution < 1.29 is 9.50 Å². The fourth-order valence-corrected chi connectivity index (χ4v) is 5.27. The van der Waals surface area contributed by atoms with Crippen LogP contribution >= 0.6 is 23.3 Å². The van der Waals surface area contributed by atoms with Gasteiger partial charge in [-0.2, -0.15) is 0 Å². The molecule has 3 N–H and O–H groups in total. The number of hydrogen-bond donors (Lipinski definition) is 2. The maximum Gasteiger partial charge on any atom is 0.225 e. The van der Waals surface area contributed by atoms with Gasteiger partial charge in [0.05, 0.1) is 17.6 Å². The number of aromatic nitrogens is 3. The predicted octanol–water partition coefficient (Wildman–Crippen LogP) is 1.69. The lowest BCUT2D eigenvalue weighted by Gasteiger charge is -2.32. The van der Waals surface area contributed by atoms with Crippen LogP contribution in [-0.2, 0) is 11.1 Å². The fraction of sp³-hybridized carbons (Fsp3) is 0.500. The molecule has 2 aromatic rings. The van der Waals surface area contributed by atoms with Crippen molar-refractivity contribution in [3.8, 4) is 0 Å². The number of halogens is 1. The smallest absolute Gasteiger partial charge is 0.225 e. The largest absolute Gasteiger partial charge is 0.384 e. The highest BCUT2D eigenvalue weighted by molar-refractivity contribution is 8.13. The first-order chi connectivity index (χ1) is 12.3. The molecule has 0 aromatic carbocycles. The fourth-order valence-electron chi connectivity index (χ4n) is 3.50. The van der Waals surface area contributed by atoms with Crippen molar-refractivity contribution in [2.45, 2.75) is 25.0 Å². The van der Waals surface area contributed by atoms with E-state index in [0.717, 1.165) is 16.8 Å². The molecule has 138 valence electrons. The number of aliphatic imine (C=N–C) groups is 1. The van der Waals surface area contributed by atoms with E-state index in [1.165, 1.54) is 25.4 Å². The topological polar surface area (TPSA) is 101 Å². The molecule has 0 bridgehead atoms. The van der Waals surface area contributed by atoms with Crippen LogP contribution in [0.4, 0.5) is 10.3 Å². The molecule has 0 aliphatic carbocycles. The maximum absolute atomic E-state index is 14.0. The van der Waals surface area contributed by atoms with Crippen molar-refractivity contribution in [1.29, 1.82) is 0 Å². The van der Waals surface area contributed by atoms with Crippen LogP contribution in [0.15, 0.2) is 23.5 Å². The number of anilines is 1. The molecule has 0 amide bonds. The summed E-state index contributed by atoms with van der Waals surface area (Å²) >= 11 is 2.96. The number of nitrogens with zero attached hydrogens (tertiary/aromatic N) is 5. The Morgan fingerprint density at radius 3 is 2.96 bits per heavy atom. The van der Waals surface area contributed by atoms with Gasteiger partial charge >= 0.3 is 0 Å². The van der Waals surface area contributed by atoms with Crippen LogP contribution in [0.1, 0.15) is 24.4 Å². The summed E-state index contributed by atoms with van der Waals surface area (Å²) in [6.07, 6.45) is 2.88. The molecule has 0 spiro atoms. The number of hydrogen-bond acceptors (Lipinski definition) is 9. The number of amidine groups is 1. The molecule has 4 rings (SSSR count). The lowest BCUT2D eigenvalue weighted by Crippen LogP contribution is -2.39. The summed E-state index contributed by atoms with van der Waals surface area (Å²) in [4.78, 5) is 16.3. The Morgan fingerprint density at radius 1 is 1.46 bits per heavy atom. The zero-order chi connectivity index (χ0) is 18.5. The lowest BCUT2D eigenvalue weighted by atomic mass is 9.87. The highest BCUT2D eigenvalue weighted by Gasteiger charge is 2.51. The van der Waals surface area contributed by atoms with Gasteiger partial charge in [-0.15, -0.1) is 0 Å². The minimum absolute atomic E-state index is 0.0124. The van der Waals surface area contributed by atoms with Crippen molar-refractivity contribution in [1.82, 2.24) is 14.3 Å². The van der Waals surface area contributed by atoms with E-state index in [9.17, 15) is 9.50 Å². The standard InChI is InChI=1S/C16H19FN6OS2/c1-15(2,24)12-10(17)5-19-14(21-12)23-6-9-7-25-13(18)22-16(9,8-23)11-3-4-20-26-11/h3-5,9,24H,6-8H2,1-2H3,(H2,18,22)/t9-,16-/m0/s1. The molecule has 7 nitrogen and oxygen atoms in total. The summed E-state index contributed by atoms with van der Waals surface area (Å²) in [7, 11) is 0. The molecular weight excluding hydrogens is 375 g/mol. The molecule has 2 aromatic heterocycles. The molecule has 1 fully saturated rings. The molecule has 0 radical (unpaired) electrons. The van der Waals surface area contributed by atoms with Gasteiger partial charge in [-0.3, -0.25) is 0 Å². The summed E-state index contributed by atoms with van der Waals surface area (Å²) < 4.78 is 18.3. The third-order valence-electron chi connectivity index (χ3n) is 4.75. The second-order valence-corrected chi connectivity index (χ2v) is 8.94. The van der Waals surface area contributed by atoms with E-state index < -0.39 is 17.0 Å². The average Bonchev–Trinajstić information content (AvgIpc) is 3.22. The lowest BCUT2D eigenvalue weighted by molar-refractivity contribution is 0.0693. The van der Waals surface area contributed by atoms with Gasteiger partial charge in [0.1, 0.15) is 16.8 Å². The molecule has 2 aliphatic rings. The third kappa shape index (κ3) is 2.85. The van der Waals surface area contributed by atoms with Crippen molar-refractivity contribution in [3.63, 3.8) is 0 Å². The average molecular weight is 395 g/mol. The monoisotopic (exact) mass is 394 g/mol. The maximum atomic E-state index is 14.0. The Hall–Kier alpha value is -1.78. The summed E-state index contributed by atoms with van der Waals surface area (Å²) in [6, 6.07) is 1.97. The van der Waals surface area contributed by atoms with Crippen LogP contribution in [0.25, 0.3) is 0 Å². The summed E-state index contributed by atoms with van der Waals surface area (Å²) in [6.45, 7) is 4.23. The van der Waals surface area contributed by atoms with Crippen LogP contribution in [0.3, 0.4) is 0 Å². The highest BCUT2D eigenvalue weighted by Crippen LogP contribution is 2.47. The number of aliphatic hydroxyl groups is 1. The first-order valence-corrected chi connectivity index (χ1v) is 9.95. The van der Waals surface area contributed by atoms with E-state index in [2.05, 4.69) is 14.3 Å². The van der Waals surface area contributed by atoms with Crippen LogP contribution in [0.5, 0.6) is 0 Å². The first kappa shape index (κ1) is 17.6. The van der Waals surface area contributed by atoms with Crippen LogP contribution in [0, 0.1) is 11.7 Å². The minimum atomic E-state index is -1.39. The van der Waals surface area contributed by atoms with Crippen molar-refractivity contribution in [2.24, 2.45) is 16.6 Å².